The van der Waals surface area contributed by atoms with E-state index in [1.807, 2.05) is 24.0 Å². The standard InChI is InChI=1S/C14H17FN2O/c1-2-17-9-11(8-16-17)7-13(10-18)12-3-5-14(15)6-4-12/h3-6,8-9,13,18H,2,7,10H2,1H3. The summed E-state index contributed by atoms with van der Waals surface area (Å²) in [5, 5.41) is 13.7. The minimum absolute atomic E-state index is 0.0138. The van der Waals surface area contributed by atoms with E-state index < -0.39 is 0 Å². The Morgan fingerprint density at radius 1 is 1.33 bits per heavy atom. The Hall–Kier alpha value is -1.68. The van der Waals surface area contributed by atoms with Crippen molar-refractivity contribution in [2.24, 2.45) is 0 Å². The van der Waals surface area contributed by atoms with Crippen LogP contribution in [0.3, 0.4) is 0 Å². The molecular formula is C14H17FN2O. The maximum absolute atomic E-state index is 12.9. The Bertz CT molecular complexity index is 493. The van der Waals surface area contributed by atoms with Gasteiger partial charge in [0.15, 0.2) is 0 Å². The van der Waals surface area contributed by atoms with Gasteiger partial charge >= 0.3 is 0 Å². The second kappa shape index (κ2) is 5.78. The fraction of sp³-hybridized carbons (Fsp3) is 0.357. The van der Waals surface area contributed by atoms with Crippen molar-refractivity contribution in [3.63, 3.8) is 0 Å². The molecule has 1 heterocycles. The zero-order valence-corrected chi connectivity index (χ0v) is 10.4. The number of rotatable bonds is 5. The first kappa shape index (κ1) is 12.8. The molecule has 0 aliphatic rings. The number of aliphatic hydroxyl groups is 1. The van der Waals surface area contributed by atoms with Crippen molar-refractivity contribution in [1.82, 2.24) is 9.78 Å². The van der Waals surface area contributed by atoms with E-state index in [1.165, 1.54) is 12.1 Å². The summed E-state index contributed by atoms with van der Waals surface area (Å²) in [4.78, 5) is 0. The third-order valence-electron chi connectivity index (χ3n) is 3.05. The van der Waals surface area contributed by atoms with Gasteiger partial charge in [0.25, 0.3) is 0 Å². The number of halogens is 1. The SMILES string of the molecule is CCn1cc(CC(CO)c2ccc(F)cc2)cn1. The van der Waals surface area contributed by atoms with Crippen molar-refractivity contribution in [1.29, 1.82) is 0 Å². The molecule has 0 radical (unpaired) electrons. The average molecular weight is 248 g/mol. The largest absolute Gasteiger partial charge is 0.396 e. The summed E-state index contributed by atoms with van der Waals surface area (Å²) in [7, 11) is 0. The van der Waals surface area contributed by atoms with Crippen LogP contribution in [0.15, 0.2) is 36.7 Å². The Balaban J connectivity index is 2.11. The van der Waals surface area contributed by atoms with Crippen LogP contribution in [-0.2, 0) is 13.0 Å². The molecule has 0 saturated carbocycles. The van der Waals surface area contributed by atoms with Crippen LogP contribution in [-0.4, -0.2) is 21.5 Å². The summed E-state index contributed by atoms with van der Waals surface area (Å²) >= 11 is 0. The number of hydrogen-bond acceptors (Lipinski definition) is 2. The molecule has 1 aromatic carbocycles. The first-order valence-electron chi connectivity index (χ1n) is 6.10. The highest BCUT2D eigenvalue weighted by Gasteiger charge is 2.12. The van der Waals surface area contributed by atoms with Crippen LogP contribution in [0.1, 0.15) is 24.0 Å². The lowest BCUT2D eigenvalue weighted by Gasteiger charge is -2.13. The summed E-state index contributed by atoms with van der Waals surface area (Å²) in [6.45, 7) is 2.91. The Morgan fingerprint density at radius 3 is 2.61 bits per heavy atom. The average Bonchev–Trinajstić information content (AvgIpc) is 2.85. The first-order chi connectivity index (χ1) is 8.72. The van der Waals surface area contributed by atoms with Crippen LogP contribution in [0.5, 0.6) is 0 Å². The van der Waals surface area contributed by atoms with Gasteiger partial charge in [0.05, 0.1) is 12.8 Å². The number of aryl methyl sites for hydroxylation is 1. The molecule has 0 spiro atoms. The third-order valence-corrected chi connectivity index (χ3v) is 3.05. The Kier molecular flexibility index (Phi) is 4.10. The highest BCUT2D eigenvalue weighted by Crippen LogP contribution is 2.20. The smallest absolute Gasteiger partial charge is 0.123 e. The zero-order valence-electron chi connectivity index (χ0n) is 10.4. The van der Waals surface area contributed by atoms with E-state index in [0.717, 1.165) is 17.7 Å². The van der Waals surface area contributed by atoms with E-state index in [4.69, 9.17) is 0 Å². The molecule has 3 nitrogen and oxygen atoms in total. The summed E-state index contributed by atoms with van der Waals surface area (Å²) in [5.41, 5.74) is 2.03. The van der Waals surface area contributed by atoms with E-state index >= 15 is 0 Å². The number of benzene rings is 1. The first-order valence-corrected chi connectivity index (χ1v) is 6.10. The van der Waals surface area contributed by atoms with Crippen molar-refractivity contribution in [3.8, 4) is 0 Å². The molecule has 0 aliphatic carbocycles. The predicted octanol–water partition coefficient (Wildman–Crippen LogP) is 2.36. The molecule has 0 aliphatic heterocycles. The van der Waals surface area contributed by atoms with Crippen LogP contribution in [0, 0.1) is 5.82 Å². The molecular weight excluding hydrogens is 231 g/mol. The van der Waals surface area contributed by atoms with Crippen molar-refractivity contribution >= 4 is 0 Å². The highest BCUT2D eigenvalue weighted by molar-refractivity contribution is 5.23. The van der Waals surface area contributed by atoms with Gasteiger partial charge in [0.2, 0.25) is 0 Å². The molecule has 0 bridgehead atoms. The summed E-state index contributed by atoms with van der Waals surface area (Å²) in [6, 6.07) is 6.29. The molecule has 2 aromatic rings. The molecule has 1 atom stereocenters. The van der Waals surface area contributed by atoms with Gasteiger partial charge in [-0.05, 0) is 36.6 Å². The topological polar surface area (TPSA) is 38.0 Å². The molecule has 96 valence electrons. The minimum atomic E-state index is -0.255. The van der Waals surface area contributed by atoms with E-state index in [0.29, 0.717) is 6.42 Å². The summed E-state index contributed by atoms with van der Waals surface area (Å²) in [6.07, 6.45) is 4.50. The second-order valence-corrected chi connectivity index (χ2v) is 4.34. The summed E-state index contributed by atoms with van der Waals surface area (Å²) in [5.74, 6) is -0.269. The molecule has 2 rings (SSSR count). The van der Waals surface area contributed by atoms with Crippen LogP contribution >= 0.6 is 0 Å². The van der Waals surface area contributed by atoms with Gasteiger partial charge < -0.3 is 5.11 Å². The van der Waals surface area contributed by atoms with E-state index in [1.54, 1.807) is 12.1 Å². The Morgan fingerprint density at radius 2 is 2.06 bits per heavy atom. The fourth-order valence-corrected chi connectivity index (χ4v) is 1.99. The van der Waals surface area contributed by atoms with Crippen molar-refractivity contribution in [2.45, 2.75) is 25.8 Å². The minimum Gasteiger partial charge on any atom is -0.396 e. The molecule has 1 unspecified atom stereocenters. The third kappa shape index (κ3) is 2.96. The maximum Gasteiger partial charge on any atom is 0.123 e. The van der Waals surface area contributed by atoms with Gasteiger partial charge in [-0.15, -0.1) is 0 Å². The molecule has 4 heteroatoms. The van der Waals surface area contributed by atoms with E-state index in [2.05, 4.69) is 5.10 Å². The molecule has 0 amide bonds. The number of aliphatic hydroxyl groups excluding tert-OH is 1. The molecule has 0 fully saturated rings. The van der Waals surface area contributed by atoms with E-state index in [9.17, 15) is 9.50 Å². The lowest BCUT2D eigenvalue weighted by molar-refractivity contribution is 0.264. The summed E-state index contributed by atoms with van der Waals surface area (Å²) < 4.78 is 14.7. The Labute approximate surface area is 106 Å². The molecule has 0 saturated heterocycles. The quantitative estimate of drug-likeness (QED) is 0.882. The number of nitrogens with zero attached hydrogens (tertiary/aromatic N) is 2. The van der Waals surface area contributed by atoms with Gasteiger partial charge in [0.1, 0.15) is 5.82 Å². The fourth-order valence-electron chi connectivity index (χ4n) is 1.99. The van der Waals surface area contributed by atoms with Crippen molar-refractivity contribution in [3.05, 3.63) is 53.6 Å². The normalized spacial score (nSPS) is 12.6. The highest BCUT2D eigenvalue weighted by atomic mass is 19.1. The molecule has 1 aromatic heterocycles. The van der Waals surface area contributed by atoms with Crippen molar-refractivity contribution in [2.75, 3.05) is 6.61 Å². The van der Waals surface area contributed by atoms with Gasteiger partial charge in [-0.2, -0.15) is 5.10 Å². The van der Waals surface area contributed by atoms with Gasteiger partial charge in [0, 0.05) is 18.7 Å². The van der Waals surface area contributed by atoms with Crippen LogP contribution in [0.2, 0.25) is 0 Å². The monoisotopic (exact) mass is 248 g/mol. The number of hydrogen-bond donors (Lipinski definition) is 1. The zero-order chi connectivity index (χ0) is 13.0. The van der Waals surface area contributed by atoms with Gasteiger partial charge in [-0.25, -0.2) is 4.39 Å². The number of aromatic nitrogens is 2. The van der Waals surface area contributed by atoms with E-state index in [-0.39, 0.29) is 18.3 Å². The second-order valence-electron chi connectivity index (χ2n) is 4.34. The lowest BCUT2D eigenvalue weighted by atomic mass is 9.94. The predicted molar refractivity (Wildman–Crippen MR) is 67.8 cm³/mol. The lowest BCUT2D eigenvalue weighted by Crippen LogP contribution is -2.07. The van der Waals surface area contributed by atoms with Gasteiger partial charge in [-0.3, -0.25) is 4.68 Å². The van der Waals surface area contributed by atoms with Crippen molar-refractivity contribution < 1.29 is 9.50 Å². The molecule has 18 heavy (non-hydrogen) atoms. The van der Waals surface area contributed by atoms with Crippen LogP contribution < -0.4 is 0 Å². The van der Waals surface area contributed by atoms with Gasteiger partial charge in [-0.1, -0.05) is 12.1 Å². The van der Waals surface area contributed by atoms with Crippen LogP contribution in [0.25, 0.3) is 0 Å². The molecule has 1 N–H and O–H groups in total. The van der Waals surface area contributed by atoms with Crippen LogP contribution in [0.4, 0.5) is 4.39 Å². The maximum atomic E-state index is 12.9.